The van der Waals surface area contributed by atoms with E-state index in [0.29, 0.717) is 0 Å². The lowest BCUT2D eigenvalue weighted by Gasteiger charge is -2.09. The van der Waals surface area contributed by atoms with Crippen molar-refractivity contribution in [3.05, 3.63) is 17.8 Å². The van der Waals surface area contributed by atoms with Crippen molar-refractivity contribution in [3.63, 3.8) is 0 Å². The van der Waals surface area contributed by atoms with Crippen molar-refractivity contribution >= 4 is 12.6 Å². The fourth-order valence-electron chi connectivity index (χ4n) is 0.997. The molecule has 0 aliphatic carbocycles. The lowest BCUT2D eigenvalue weighted by atomic mass is 9.79. The number of hydrogen-bond acceptors (Lipinski definition) is 4. The van der Waals surface area contributed by atoms with Crippen molar-refractivity contribution in [2.45, 2.75) is 13.3 Å². The predicted molar refractivity (Wildman–Crippen MR) is 45.5 cm³/mol. The van der Waals surface area contributed by atoms with Gasteiger partial charge >= 0.3 is 13.5 Å². The monoisotopic (exact) mass is 221 g/mol. The summed E-state index contributed by atoms with van der Waals surface area (Å²) in [6.45, 7) is 1.35. The van der Waals surface area contributed by atoms with Gasteiger partial charge in [-0.2, -0.15) is 0 Å². The van der Waals surface area contributed by atoms with Crippen molar-refractivity contribution in [2.75, 3.05) is 0 Å². The normalized spacial score (nSPS) is 11.3. The summed E-state index contributed by atoms with van der Waals surface area (Å²) in [5.41, 5.74) is 0.0938. The zero-order chi connectivity index (χ0) is 11.6. The van der Waals surface area contributed by atoms with Crippen LogP contribution in [0, 0.1) is 6.92 Å². The molecular formula is C7H7BF3NO3. The number of aromatic nitrogens is 1. The summed E-state index contributed by atoms with van der Waals surface area (Å²) >= 11 is 0. The Bertz CT molecular complexity index is 356. The first-order chi connectivity index (χ1) is 6.79. The maximum Gasteiger partial charge on any atom is 0.574 e. The molecule has 0 atom stereocenters. The van der Waals surface area contributed by atoms with E-state index >= 15 is 0 Å². The van der Waals surface area contributed by atoms with Gasteiger partial charge in [0.25, 0.3) is 0 Å². The first-order valence-electron chi connectivity index (χ1n) is 3.89. The second-order valence-corrected chi connectivity index (χ2v) is 2.75. The lowest BCUT2D eigenvalue weighted by molar-refractivity contribution is -0.276. The average Bonchev–Trinajstić information content (AvgIpc) is 1.99. The van der Waals surface area contributed by atoms with Gasteiger partial charge in [-0.15, -0.1) is 13.2 Å². The van der Waals surface area contributed by atoms with Crippen molar-refractivity contribution in [3.8, 4) is 5.88 Å². The van der Waals surface area contributed by atoms with Gasteiger partial charge < -0.3 is 14.8 Å². The Morgan fingerprint density at radius 1 is 1.33 bits per heavy atom. The number of ether oxygens (including phenoxy) is 1. The Balaban J connectivity index is 2.92. The van der Waals surface area contributed by atoms with E-state index in [9.17, 15) is 13.2 Å². The smallest absolute Gasteiger partial charge is 0.423 e. The molecule has 15 heavy (non-hydrogen) atoms. The van der Waals surface area contributed by atoms with Gasteiger partial charge in [0, 0.05) is 17.2 Å². The Labute approximate surface area is 83.5 Å². The molecule has 0 saturated carbocycles. The molecule has 0 aliphatic heterocycles. The molecule has 82 valence electrons. The second-order valence-electron chi connectivity index (χ2n) is 2.75. The highest BCUT2D eigenvalue weighted by atomic mass is 19.4. The summed E-state index contributed by atoms with van der Waals surface area (Å²) < 4.78 is 38.9. The van der Waals surface area contributed by atoms with Crippen LogP contribution in [-0.4, -0.2) is 28.5 Å². The Morgan fingerprint density at radius 2 is 1.93 bits per heavy atom. The third-order valence-corrected chi connectivity index (χ3v) is 1.60. The van der Waals surface area contributed by atoms with Gasteiger partial charge in [-0.05, 0) is 6.92 Å². The molecule has 0 radical (unpaired) electrons. The molecule has 8 heteroatoms. The number of nitrogens with zero attached hydrogens (tertiary/aromatic N) is 1. The van der Waals surface area contributed by atoms with Gasteiger partial charge in [0.15, 0.2) is 0 Å². The second kappa shape index (κ2) is 4.07. The first kappa shape index (κ1) is 11.8. The third kappa shape index (κ3) is 3.41. The Morgan fingerprint density at radius 3 is 2.33 bits per heavy atom. The van der Waals surface area contributed by atoms with Crippen LogP contribution in [0.5, 0.6) is 5.88 Å². The summed E-state index contributed by atoms with van der Waals surface area (Å²) in [6, 6.07) is 2.02. The van der Waals surface area contributed by atoms with Crippen LogP contribution in [0.2, 0.25) is 0 Å². The van der Waals surface area contributed by atoms with Crippen LogP contribution in [0.1, 0.15) is 5.69 Å². The van der Waals surface area contributed by atoms with Crippen LogP contribution in [0.3, 0.4) is 0 Å². The highest BCUT2D eigenvalue weighted by molar-refractivity contribution is 6.59. The van der Waals surface area contributed by atoms with Gasteiger partial charge in [0.2, 0.25) is 5.88 Å². The first-order valence-corrected chi connectivity index (χ1v) is 3.89. The van der Waals surface area contributed by atoms with E-state index in [2.05, 4.69) is 9.72 Å². The van der Waals surface area contributed by atoms with Gasteiger partial charge in [0.1, 0.15) is 0 Å². The van der Waals surface area contributed by atoms with Crippen LogP contribution >= 0.6 is 0 Å². The molecule has 1 heterocycles. The number of alkyl halides is 3. The molecule has 0 unspecified atom stereocenters. The molecule has 0 bridgehead atoms. The lowest BCUT2D eigenvalue weighted by Crippen LogP contribution is -2.33. The molecule has 4 nitrogen and oxygen atoms in total. The zero-order valence-electron chi connectivity index (χ0n) is 7.62. The van der Waals surface area contributed by atoms with Crippen LogP contribution < -0.4 is 10.2 Å². The fourth-order valence-corrected chi connectivity index (χ4v) is 0.997. The molecule has 2 N–H and O–H groups in total. The SMILES string of the molecule is Cc1nc(OC(F)(F)F)ccc1B(O)O. The Kier molecular flexibility index (Phi) is 3.20. The number of rotatable bonds is 2. The van der Waals surface area contributed by atoms with E-state index < -0.39 is 19.4 Å². The molecule has 1 aromatic heterocycles. The number of hydrogen-bond donors (Lipinski definition) is 2. The maximum atomic E-state index is 11.8. The maximum absolute atomic E-state index is 11.8. The third-order valence-electron chi connectivity index (χ3n) is 1.60. The van der Waals surface area contributed by atoms with E-state index in [1.807, 2.05) is 0 Å². The molecule has 0 amide bonds. The van der Waals surface area contributed by atoms with Gasteiger partial charge in [-0.1, -0.05) is 6.07 Å². The van der Waals surface area contributed by atoms with E-state index in [-0.39, 0.29) is 11.2 Å². The van der Waals surface area contributed by atoms with Gasteiger partial charge in [-0.25, -0.2) is 4.98 Å². The van der Waals surface area contributed by atoms with Crippen molar-refractivity contribution < 1.29 is 28.0 Å². The summed E-state index contributed by atoms with van der Waals surface area (Å²) in [4.78, 5) is 3.42. The summed E-state index contributed by atoms with van der Waals surface area (Å²) in [5, 5.41) is 17.6. The van der Waals surface area contributed by atoms with E-state index in [1.165, 1.54) is 6.92 Å². The summed E-state index contributed by atoms with van der Waals surface area (Å²) in [5.74, 6) is -0.635. The van der Waals surface area contributed by atoms with Gasteiger partial charge in [0.05, 0.1) is 0 Å². The molecule has 0 aliphatic rings. The molecule has 0 aromatic carbocycles. The molecule has 0 spiro atoms. The highest BCUT2D eigenvalue weighted by Gasteiger charge is 2.32. The molecule has 0 saturated heterocycles. The topological polar surface area (TPSA) is 62.6 Å². The van der Waals surface area contributed by atoms with E-state index in [4.69, 9.17) is 10.0 Å². The molecular weight excluding hydrogens is 214 g/mol. The number of pyridine rings is 1. The Hall–Kier alpha value is -1.28. The summed E-state index contributed by atoms with van der Waals surface area (Å²) in [6.07, 6.45) is -4.81. The highest BCUT2D eigenvalue weighted by Crippen LogP contribution is 2.20. The molecule has 0 fully saturated rings. The van der Waals surface area contributed by atoms with Crippen LogP contribution in [0.4, 0.5) is 13.2 Å². The van der Waals surface area contributed by atoms with Crippen molar-refractivity contribution in [2.24, 2.45) is 0 Å². The van der Waals surface area contributed by atoms with E-state index in [1.54, 1.807) is 0 Å². The zero-order valence-corrected chi connectivity index (χ0v) is 7.62. The van der Waals surface area contributed by atoms with Crippen molar-refractivity contribution in [1.29, 1.82) is 0 Å². The fraction of sp³-hybridized carbons (Fsp3) is 0.286. The minimum absolute atomic E-state index is 0.0320. The standard InChI is InChI=1S/C7H7BF3NO3/c1-4-5(8(13)14)2-3-6(12-4)15-7(9,10)11/h2-3,13-14H,1H3. The minimum atomic E-state index is -4.81. The average molecular weight is 221 g/mol. The predicted octanol–water partition coefficient (Wildman–Crippen LogP) is -0.0316. The largest absolute Gasteiger partial charge is 0.574 e. The quantitative estimate of drug-likeness (QED) is 0.688. The van der Waals surface area contributed by atoms with Gasteiger partial charge in [-0.3, -0.25) is 0 Å². The summed E-state index contributed by atoms with van der Waals surface area (Å²) in [7, 11) is -1.77. The number of aryl methyl sites for hydroxylation is 1. The minimum Gasteiger partial charge on any atom is -0.423 e. The van der Waals surface area contributed by atoms with E-state index in [0.717, 1.165) is 12.1 Å². The van der Waals surface area contributed by atoms with Crippen LogP contribution in [0.15, 0.2) is 12.1 Å². The van der Waals surface area contributed by atoms with Crippen LogP contribution in [0.25, 0.3) is 0 Å². The molecule has 1 aromatic rings. The molecule has 1 rings (SSSR count). The van der Waals surface area contributed by atoms with Crippen molar-refractivity contribution in [1.82, 2.24) is 4.98 Å². The number of halogens is 3. The van der Waals surface area contributed by atoms with Crippen LogP contribution in [-0.2, 0) is 0 Å².